The Labute approximate surface area is 172 Å². The molecule has 2 aromatic carbocycles. The number of amides is 2. The number of carbonyl (C=O) groups excluding carboxylic acids is 2. The fraction of sp³-hybridized carbons (Fsp3) is 0.0455. The predicted molar refractivity (Wildman–Crippen MR) is 116 cm³/mol. The molecule has 2 heterocycles. The van der Waals surface area contributed by atoms with Gasteiger partial charge in [-0.1, -0.05) is 24.3 Å². The number of carbonyl (C=O) groups is 2. The van der Waals surface area contributed by atoms with Gasteiger partial charge in [-0.05, 0) is 30.3 Å². The zero-order chi connectivity index (χ0) is 20.9. The van der Waals surface area contributed by atoms with Crippen LogP contribution in [0.1, 0.15) is 17.4 Å². The minimum Gasteiger partial charge on any atom is -0.337 e. The van der Waals surface area contributed by atoms with Crippen molar-refractivity contribution in [1.82, 2.24) is 15.0 Å². The van der Waals surface area contributed by atoms with E-state index in [4.69, 9.17) is 0 Å². The molecule has 0 spiro atoms. The van der Waals surface area contributed by atoms with Crippen LogP contribution in [0.25, 0.3) is 10.9 Å². The van der Waals surface area contributed by atoms with E-state index in [9.17, 15) is 9.59 Å². The third-order valence-corrected chi connectivity index (χ3v) is 4.22. The Morgan fingerprint density at radius 2 is 1.60 bits per heavy atom. The summed E-state index contributed by atoms with van der Waals surface area (Å²) >= 11 is 0. The van der Waals surface area contributed by atoms with Gasteiger partial charge in [-0.25, -0.2) is 9.97 Å². The summed E-state index contributed by atoms with van der Waals surface area (Å²) in [5.74, 6) is -0.0907. The Hall–Kier alpha value is -4.33. The molecule has 0 radical (unpaired) electrons. The van der Waals surface area contributed by atoms with Crippen molar-refractivity contribution in [3.05, 3.63) is 78.9 Å². The molecular weight excluding hydrogens is 380 g/mol. The highest BCUT2D eigenvalue weighted by molar-refractivity contribution is 6.03. The topological polar surface area (TPSA) is 109 Å². The number of hydrogen-bond donors (Lipinski definition) is 3. The van der Waals surface area contributed by atoms with Gasteiger partial charge in [0.2, 0.25) is 5.91 Å². The van der Waals surface area contributed by atoms with Crippen molar-refractivity contribution in [1.29, 1.82) is 0 Å². The zero-order valence-corrected chi connectivity index (χ0v) is 16.1. The molecule has 0 atom stereocenters. The molecule has 0 fully saturated rings. The van der Waals surface area contributed by atoms with Crippen LogP contribution < -0.4 is 16.0 Å². The Kier molecular flexibility index (Phi) is 5.29. The lowest BCUT2D eigenvalue weighted by Gasteiger charge is -2.09. The second-order valence-corrected chi connectivity index (χ2v) is 6.51. The Morgan fingerprint density at radius 3 is 2.37 bits per heavy atom. The molecular formula is C22H18N6O2. The maximum atomic E-state index is 12.5. The van der Waals surface area contributed by atoms with Crippen LogP contribution in [0.5, 0.6) is 0 Å². The number of nitrogens with zero attached hydrogens (tertiary/aromatic N) is 3. The van der Waals surface area contributed by atoms with Crippen molar-refractivity contribution in [2.75, 3.05) is 16.0 Å². The smallest absolute Gasteiger partial charge is 0.275 e. The van der Waals surface area contributed by atoms with Crippen LogP contribution in [-0.2, 0) is 4.79 Å². The van der Waals surface area contributed by atoms with E-state index in [-0.39, 0.29) is 11.6 Å². The molecule has 4 rings (SSSR count). The summed E-state index contributed by atoms with van der Waals surface area (Å²) in [6.07, 6.45) is 4.62. The summed E-state index contributed by atoms with van der Waals surface area (Å²) in [6, 6.07) is 16.5. The fourth-order valence-corrected chi connectivity index (χ4v) is 2.93. The van der Waals surface area contributed by atoms with Gasteiger partial charge in [0.15, 0.2) is 0 Å². The molecule has 0 aliphatic heterocycles. The molecule has 8 heteroatoms. The van der Waals surface area contributed by atoms with Gasteiger partial charge in [0.05, 0.1) is 23.6 Å². The second-order valence-electron chi connectivity index (χ2n) is 6.51. The molecule has 0 saturated heterocycles. The monoisotopic (exact) mass is 398 g/mol. The van der Waals surface area contributed by atoms with Gasteiger partial charge < -0.3 is 16.0 Å². The predicted octanol–water partition coefficient (Wildman–Crippen LogP) is 3.98. The van der Waals surface area contributed by atoms with Crippen LogP contribution in [0.15, 0.2) is 73.2 Å². The van der Waals surface area contributed by atoms with Crippen molar-refractivity contribution in [2.45, 2.75) is 6.92 Å². The van der Waals surface area contributed by atoms with Crippen LogP contribution in [0.3, 0.4) is 0 Å². The van der Waals surface area contributed by atoms with E-state index in [2.05, 4.69) is 30.9 Å². The van der Waals surface area contributed by atoms with Crippen LogP contribution in [0.2, 0.25) is 0 Å². The quantitative estimate of drug-likeness (QED) is 0.469. The molecule has 4 aromatic rings. The molecule has 2 amide bonds. The molecule has 30 heavy (non-hydrogen) atoms. The van der Waals surface area contributed by atoms with Gasteiger partial charge in [0, 0.05) is 29.9 Å². The molecule has 148 valence electrons. The van der Waals surface area contributed by atoms with E-state index in [1.165, 1.54) is 19.3 Å². The molecule has 0 saturated carbocycles. The highest BCUT2D eigenvalue weighted by Crippen LogP contribution is 2.23. The lowest BCUT2D eigenvalue weighted by Crippen LogP contribution is -2.14. The summed E-state index contributed by atoms with van der Waals surface area (Å²) in [5.41, 5.74) is 2.92. The van der Waals surface area contributed by atoms with E-state index < -0.39 is 5.91 Å². The van der Waals surface area contributed by atoms with Crippen molar-refractivity contribution in [3.63, 3.8) is 0 Å². The third kappa shape index (κ3) is 4.39. The van der Waals surface area contributed by atoms with Gasteiger partial charge in [-0.2, -0.15) is 0 Å². The van der Waals surface area contributed by atoms with E-state index >= 15 is 0 Å². The standard InChI is InChI=1S/C22H18N6O2/c1-14(29)26-16-7-3-8-17(11-16)27-22(30)19-12-25-20(13-24-19)28-18-9-2-5-15-6-4-10-23-21(15)18/h2-13H,1H3,(H,25,28)(H,26,29)(H,27,30). The third-order valence-electron chi connectivity index (χ3n) is 4.22. The summed E-state index contributed by atoms with van der Waals surface area (Å²) in [7, 11) is 0. The van der Waals surface area contributed by atoms with E-state index in [1.807, 2.05) is 30.3 Å². The molecule has 3 N–H and O–H groups in total. The summed E-state index contributed by atoms with van der Waals surface area (Å²) in [5, 5.41) is 9.60. The van der Waals surface area contributed by atoms with Gasteiger partial charge in [-0.3, -0.25) is 14.6 Å². The molecule has 0 unspecified atom stereocenters. The number of aromatic nitrogens is 3. The Morgan fingerprint density at radius 1 is 0.833 bits per heavy atom. The molecule has 8 nitrogen and oxygen atoms in total. The fourth-order valence-electron chi connectivity index (χ4n) is 2.93. The first kappa shape index (κ1) is 19.0. The van der Waals surface area contributed by atoms with Crippen molar-refractivity contribution >= 4 is 45.6 Å². The van der Waals surface area contributed by atoms with Crippen molar-refractivity contribution in [3.8, 4) is 0 Å². The summed E-state index contributed by atoms with van der Waals surface area (Å²) in [6.45, 7) is 1.42. The van der Waals surface area contributed by atoms with Crippen molar-refractivity contribution in [2.24, 2.45) is 0 Å². The van der Waals surface area contributed by atoms with E-state index in [0.717, 1.165) is 16.6 Å². The van der Waals surface area contributed by atoms with Crippen LogP contribution >= 0.6 is 0 Å². The largest absolute Gasteiger partial charge is 0.337 e. The average molecular weight is 398 g/mol. The normalized spacial score (nSPS) is 10.4. The van der Waals surface area contributed by atoms with Crippen LogP contribution in [0, 0.1) is 0 Å². The number of pyridine rings is 1. The Balaban J connectivity index is 1.47. The SMILES string of the molecule is CC(=O)Nc1cccc(NC(=O)c2cnc(Nc3cccc4cccnc34)cn2)c1. The maximum Gasteiger partial charge on any atom is 0.275 e. The lowest BCUT2D eigenvalue weighted by atomic mass is 10.2. The Bertz CT molecular complexity index is 1220. The minimum absolute atomic E-state index is 0.168. The van der Waals surface area contributed by atoms with Crippen LogP contribution in [0.4, 0.5) is 22.9 Å². The first-order valence-corrected chi connectivity index (χ1v) is 9.20. The highest BCUT2D eigenvalue weighted by atomic mass is 16.2. The molecule has 0 aliphatic rings. The van der Waals surface area contributed by atoms with Gasteiger partial charge >= 0.3 is 0 Å². The second kappa shape index (κ2) is 8.36. The van der Waals surface area contributed by atoms with E-state index in [0.29, 0.717) is 17.2 Å². The zero-order valence-electron chi connectivity index (χ0n) is 16.1. The first-order chi connectivity index (χ1) is 14.6. The number of anilines is 4. The maximum absolute atomic E-state index is 12.5. The molecule has 0 aliphatic carbocycles. The number of para-hydroxylation sites is 1. The lowest BCUT2D eigenvalue weighted by molar-refractivity contribution is -0.114. The van der Waals surface area contributed by atoms with Crippen molar-refractivity contribution < 1.29 is 9.59 Å². The highest BCUT2D eigenvalue weighted by Gasteiger charge is 2.10. The first-order valence-electron chi connectivity index (χ1n) is 9.20. The van der Waals surface area contributed by atoms with Crippen LogP contribution in [-0.4, -0.2) is 26.8 Å². The van der Waals surface area contributed by atoms with Gasteiger partial charge in [0.1, 0.15) is 11.5 Å². The number of hydrogen-bond acceptors (Lipinski definition) is 6. The van der Waals surface area contributed by atoms with E-state index in [1.54, 1.807) is 30.5 Å². The number of rotatable bonds is 5. The molecule has 0 bridgehead atoms. The molecule has 2 aromatic heterocycles. The summed E-state index contributed by atoms with van der Waals surface area (Å²) in [4.78, 5) is 36.5. The number of benzene rings is 2. The minimum atomic E-state index is -0.402. The number of nitrogens with one attached hydrogen (secondary N) is 3. The average Bonchev–Trinajstić information content (AvgIpc) is 2.74. The summed E-state index contributed by atoms with van der Waals surface area (Å²) < 4.78 is 0. The van der Waals surface area contributed by atoms with Gasteiger partial charge in [0.25, 0.3) is 5.91 Å². The number of fused-ring (bicyclic) bond motifs is 1. The van der Waals surface area contributed by atoms with Gasteiger partial charge in [-0.15, -0.1) is 0 Å².